The summed E-state index contributed by atoms with van der Waals surface area (Å²) in [6.07, 6.45) is 7.29. The van der Waals surface area contributed by atoms with Crippen LogP contribution in [0.15, 0.2) is 18.2 Å². The highest BCUT2D eigenvalue weighted by Crippen LogP contribution is 2.45. The van der Waals surface area contributed by atoms with Crippen molar-refractivity contribution >= 4 is 29.3 Å². The number of benzene rings is 1. The third-order valence-electron chi connectivity index (χ3n) is 11.9. The van der Waals surface area contributed by atoms with Gasteiger partial charge in [-0.2, -0.15) is 8.78 Å². The molecule has 0 radical (unpaired) electrons. The Morgan fingerprint density at radius 1 is 1.00 bits per heavy atom. The Balaban J connectivity index is 1.43. The topological polar surface area (TPSA) is 120 Å². The fourth-order valence-corrected chi connectivity index (χ4v) is 8.91. The molecule has 2 aliphatic carbocycles. The van der Waals surface area contributed by atoms with E-state index in [1.165, 1.54) is 12.0 Å². The number of methoxy groups -OCH3 is 1. The number of fused-ring (bicyclic) bond motifs is 5. The van der Waals surface area contributed by atoms with Crippen molar-refractivity contribution in [2.24, 2.45) is 17.3 Å². The van der Waals surface area contributed by atoms with Gasteiger partial charge in [0.15, 0.2) is 5.69 Å². The van der Waals surface area contributed by atoms with Gasteiger partial charge in [0.2, 0.25) is 11.8 Å². The number of rotatable bonds is 4. The normalized spacial score (nSPS) is 32.1. The first-order chi connectivity index (χ1) is 23.4. The number of hydrogen-bond donors (Lipinski definition) is 1. The van der Waals surface area contributed by atoms with Gasteiger partial charge in [-0.3, -0.25) is 4.79 Å². The first-order valence-corrected chi connectivity index (χ1v) is 18.1. The summed E-state index contributed by atoms with van der Waals surface area (Å²) < 4.78 is 50.3. The zero-order chi connectivity index (χ0) is 35.0. The Bertz CT molecular complexity index is 1550. The van der Waals surface area contributed by atoms with Crippen molar-refractivity contribution in [3.63, 3.8) is 0 Å². The number of alkyl halides is 2. The summed E-state index contributed by atoms with van der Waals surface area (Å²) in [5.41, 5.74) is -1.28. The molecule has 2 amide bonds. The monoisotopic (exact) mass is 684 g/mol. The molecule has 49 heavy (non-hydrogen) atoms. The van der Waals surface area contributed by atoms with Crippen LogP contribution in [0.3, 0.4) is 0 Å². The van der Waals surface area contributed by atoms with Gasteiger partial charge in [0.25, 0.3) is 5.92 Å². The first-order valence-electron chi connectivity index (χ1n) is 18.1. The Labute approximate surface area is 287 Å². The minimum Gasteiger partial charge on any atom is -0.497 e. The average Bonchev–Trinajstić information content (AvgIpc) is 3.62. The lowest BCUT2D eigenvalue weighted by Crippen LogP contribution is -2.59. The number of nitrogens with one attached hydrogen (secondary N) is 1. The maximum atomic E-state index is 16.2. The molecule has 2 aromatic rings. The molecule has 2 bridgehead atoms. The number of carbonyl (C=O) groups is 3. The Kier molecular flexibility index (Phi) is 10.1. The lowest BCUT2D eigenvalue weighted by molar-refractivity contribution is -0.141. The summed E-state index contributed by atoms with van der Waals surface area (Å²) in [4.78, 5) is 51.5. The number of aldehydes is 1. The van der Waals surface area contributed by atoms with Crippen LogP contribution in [0, 0.1) is 17.3 Å². The summed E-state index contributed by atoms with van der Waals surface area (Å²) in [7, 11) is 1.51. The molecule has 1 aromatic heterocycles. The summed E-state index contributed by atoms with van der Waals surface area (Å²) >= 11 is 0. The minimum atomic E-state index is -3.36. The van der Waals surface area contributed by atoms with E-state index in [4.69, 9.17) is 14.2 Å². The van der Waals surface area contributed by atoms with Crippen LogP contribution in [0.2, 0.25) is 0 Å². The summed E-state index contributed by atoms with van der Waals surface area (Å²) in [5.74, 6) is -4.07. The molecule has 1 aromatic carbocycles. The molecule has 6 atom stereocenters. The van der Waals surface area contributed by atoms with Gasteiger partial charge in [-0.15, -0.1) is 0 Å². The molecule has 1 N–H and O–H groups in total. The predicted octanol–water partition coefficient (Wildman–Crippen LogP) is 7.11. The summed E-state index contributed by atoms with van der Waals surface area (Å²) in [6, 6.07) is 3.04. The highest BCUT2D eigenvalue weighted by molar-refractivity contribution is 5.89. The number of aromatic nitrogens is 2. The van der Waals surface area contributed by atoms with Crippen LogP contribution >= 0.6 is 0 Å². The van der Waals surface area contributed by atoms with Gasteiger partial charge in [0.05, 0.1) is 30.7 Å². The second-order valence-corrected chi connectivity index (χ2v) is 15.1. The molecule has 10 nitrogen and oxygen atoms in total. The molecule has 0 spiro atoms. The second kappa shape index (κ2) is 14.0. The van der Waals surface area contributed by atoms with E-state index >= 15 is 8.78 Å². The van der Waals surface area contributed by atoms with E-state index in [-0.39, 0.29) is 30.3 Å². The highest BCUT2D eigenvalue weighted by atomic mass is 19.3. The van der Waals surface area contributed by atoms with E-state index < -0.39 is 65.2 Å². The molecule has 0 unspecified atom stereocenters. The van der Waals surface area contributed by atoms with E-state index in [0.717, 1.165) is 51.2 Å². The number of carbonyl (C=O) groups excluding carboxylic acids is 3. The van der Waals surface area contributed by atoms with Crippen LogP contribution in [0.1, 0.15) is 110 Å². The van der Waals surface area contributed by atoms with Gasteiger partial charge in [-0.25, -0.2) is 14.8 Å². The Hall–Kier alpha value is -3.57. The third-order valence-corrected chi connectivity index (χ3v) is 11.9. The molecule has 3 fully saturated rings. The smallest absolute Gasteiger partial charge is 0.408 e. The van der Waals surface area contributed by atoms with E-state index in [1.807, 2.05) is 20.8 Å². The van der Waals surface area contributed by atoms with Gasteiger partial charge >= 0.3 is 6.09 Å². The van der Waals surface area contributed by atoms with Crippen LogP contribution in [-0.2, 0) is 20.2 Å². The average molecular weight is 685 g/mol. The molecule has 12 heteroatoms. The Morgan fingerprint density at radius 3 is 2.45 bits per heavy atom. The second-order valence-electron chi connectivity index (χ2n) is 15.1. The lowest BCUT2D eigenvalue weighted by atomic mass is 9.70. The zero-order valence-corrected chi connectivity index (χ0v) is 29.1. The number of ether oxygens (including phenoxy) is 3. The van der Waals surface area contributed by atoms with Gasteiger partial charge in [0.1, 0.15) is 29.8 Å². The molecule has 268 valence electrons. The highest BCUT2D eigenvalue weighted by Gasteiger charge is 2.52. The predicted molar refractivity (Wildman–Crippen MR) is 179 cm³/mol. The molecular weight excluding hydrogens is 634 g/mol. The Morgan fingerprint density at radius 2 is 1.73 bits per heavy atom. The molecule has 4 aliphatic rings. The summed E-state index contributed by atoms with van der Waals surface area (Å²) in [6.45, 7) is 5.78. The first kappa shape index (κ1) is 35.3. The van der Waals surface area contributed by atoms with Crippen LogP contribution in [-0.4, -0.2) is 70.6 Å². The molecular formula is C37H50F2N4O6. The van der Waals surface area contributed by atoms with Crippen molar-refractivity contribution in [3.8, 4) is 11.6 Å². The minimum absolute atomic E-state index is 0.00334. The number of amides is 2. The number of hydrogen-bond acceptors (Lipinski definition) is 8. The van der Waals surface area contributed by atoms with Crippen molar-refractivity contribution in [2.45, 2.75) is 134 Å². The van der Waals surface area contributed by atoms with Gasteiger partial charge in [0, 0.05) is 18.4 Å². The fraction of sp³-hybridized carbons (Fsp3) is 0.703. The van der Waals surface area contributed by atoms with E-state index in [0.29, 0.717) is 36.9 Å². The molecule has 2 aliphatic heterocycles. The van der Waals surface area contributed by atoms with E-state index in [1.54, 1.807) is 18.2 Å². The summed E-state index contributed by atoms with van der Waals surface area (Å²) in [5, 5.41) is 2.99. The van der Waals surface area contributed by atoms with Crippen molar-refractivity contribution in [1.82, 2.24) is 20.2 Å². The third kappa shape index (κ3) is 6.93. The van der Waals surface area contributed by atoms with Gasteiger partial charge < -0.3 is 29.2 Å². The van der Waals surface area contributed by atoms with Crippen LogP contribution in [0.4, 0.5) is 13.6 Å². The van der Waals surface area contributed by atoms with Crippen molar-refractivity contribution in [3.05, 3.63) is 23.9 Å². The lowest BCUT2D eigenvalue weighted by Gasteiger charge is -2.42. The number of halogens is 2. The van der Waals surface area contributed by atoms with E-state index in [2.05, 4.69) is 15.3 Å². The maximum absolute atomic E-state index is 16.2. The molecule has 1 saturated heterocycles. The van der Waals surface area contributed by atoms with Crippen molar-refractivity contribution < 1.29 is 37.4 Å². The van der Waals surface area contributed by atoms with Crippen LogP contribution in [0.5, 0.6) is 11.6 Å². The van der Waals surface area contributed by atoms with E-state index in [9.17, 15) is 14.4 Å². The van der Waals surface area contributed by atoms with Crippen LogP contribution < -0.4 is 14.8 Å². The molecule has 3 heterocycles. The van der Waals surface area contributed by atoms with Crippen LogP contribution in [0.25, 0.3) is 11.0 Å². The number of alkyl carbamates (subject to hydrolysis) is 1. The zero-order valence-electron chi connectivity index (χ0n) is 29.1. The van der Waals surface area contributed by atoms with Crippen molar-refractivity contribution in [1.29, 1.82) is 0 Å². The number of nitrogens with zero attached hydrogens (tertiary/aromatic N) is 3. The quantitative estimate of drug-likeness (QED) is 0.339. The SMILES string of the molecule is CC[C@@H]1[C@@H]2CN(C(=O)[C@H](C3(C)CCCCC3)NC(=O)O[C@]3(C)CCC[C@H]3CCCCC(F)(F)c3nc4ccc(OC)cc4nc3O2)[C@@H]1C=O. The maximum Gasteiger partial charge on any atom is 0.408 e. The molecule has 6 rings (SSSR count). The van der Waals surface area contributed by atoms with Gasteiger partial charge in [-0.05, 0) is 81.8 Å². The largest absolute Gasteiger partial charge is 0.497 e. The van der Waals surface area contributed by atoms with Crippen molar-refractivity contribution in [2.75, 3.05) is 13.7 Å². The van der Waals surface area contributed by atoms with Gasteiger partial charge in [-0.1, -0.05) is 39.5 Å². The fourth-order valence-electron chi connectivity index (χ4n) is 8.91. The standard InChI is InChI=1S/C37H50F2N4O6/c1-5-25-28(22-44)43-21-29(25)48-32-30(40-26-15-14-24(47-4)20-27(26)41-32)37(38,39)19-10-7-12-23-13-11-18-36(23,3)49-34(46)42-31(33(43)45)35(2)16-8-6-9-17-35/h14-15,20,22-23,25,28-29,31H,5-13,16-19,21H2,1-4H3,(H,42,46)/t23-,25+,28-,29+,31-,36-/m1/s1. The molecule has 2 saturated carbocycles.